The van der Waals surface area contributed by atoms with Crippen LogP contribution in [-0.4, -0.2) is 43.1 Å². The van der Waals surface area contributed by atoms with Crippen molar-refractivity contribution in [2.75, 3.05) is 26.2 Å². The summed E-state index contributed by atoms with van der Waals surface area (Å²) in [6.45, 7) is 4.23. The second kappa shape index (κ2) is 7.50. The van der Waals surface area contributed by atoms with Crippen LogP contribution in [-0.2, 0) is 9.53 Å². The van der Waals surface area contributed by atoms with Crippen LogP contribution in [0.15, 0.2) is 0 Å². The Morgan fingerprint density at radius 2 is 1.95 bits per heavy atom. The zero-order valence-corrected chi connectivity index (χ0v) is 12.4. The number of ether oxygens (including phenoxy) is 1. The van der Waals surface area contributed by atoms with Gasteiger partial charge in [-0.2, -0.15) is 0 Å². The SMILES string of the molecule is CCOC(=O)C1CCCN(C(=O)NCC2CCCC2)C1. The Labute approximate surface area is 121 Å². The van der Waals surface area contributed by atoms with E-state index in [0.29, 0.717) is 19.1 Å². The molecule has 0 bridgehead atoms. The highest BCUT2D eigenvalue weighted by Gasteiger charge is 2.29. The number of hydrogen-bond donors (Lipinski definition) is 1. The molecule has 114 valence electrons. The maximum Gasteiger partial charge on any atom is 0.317 e. The first-order valence-corrected chi connectivity index (χ1v) is 7.90. The lowest BCUT2D eigenvalue weighted by molar-refractivity contribution is -0.149. The number of urea groups is 1. The number of carbonyl (C=O) groups is 2. The molecule has 0 aromatic heterocycles. The van der Waals surface area contributed by atoms with Gasteiger partial charge in [-0.1, -0.05) is 12.8 Å². The highest BCUT2D eigenvalue weighted by molar-refractivity contribution is 5.77. The molecule has 0 aromatic rings. The van der Waals surface area contributed by atoms with E-state index in [4.69, 9.17) is 4.74 Å². The van der Waals surface area contributed by atoms with Crippen molar-refractivity contribution in [1.82, 2.24) is 10.2 Å². The molecule has 1 N–H and O–H groups in total. The van der Waals surface area contributed by atoms with Crippen molar-refractivity contribution in [2.24, 2.45) is 11.8 Å². The highest BCUT2D eigenvalue weighted by Crippen LogP contribution is 2.24. The van der Waals surface area contributed by atoms with Crippen molar-refractivity contribution in [2.45, 2.75) is 45.4 Å². The molecule has 2 rings (SSSR count). The number of likely N-dealkylation sites (tertiary alicyclic amines) is 1. The quantitative estimate of drug-likeness (QED) is 0.804. The molecule has 1 unspecified atom stereocenters. The Kier molecular flexibility index (Phi) is 5.68. The van der Waals surface area contributed by atoms with E-state index in [-0.39, 0.29) is 17.9 Å². The lowest BCUT2D eigenvalue weighted by atomic mass is 9.98. The fourth-order valence-electron chi connectivity index (χ4n) is 3.17. The van der Waals surface area contributed by atoms with Gasteiger partial charge in [-0.15, -0.1) is 0 Å². The molecular formula is C15H26N2O3. The van der Waals surface area contributed by atoms with Gasteiger partial charge in [0.25, 0.3) is 0 Å². The summed E-state index contributed by atoms with van der Waals surface area (Å²) in [7, 11) is 0. The molecule has 1 heterocycles. The topological polar surface area (TPSA) is 58.6 Å². The van der Waals surface area contributed by atoms with Gasteiger partial charge in [-0.05, 0) is 38.5 Å². The molecule has 5 nitrogen and oxygen atoms in total. The first-order valence-electron chi connectivity index (χ1n) is 7.90. The normalized spacial score (nSPS) is 23.6. The van der Waals surface area contributed by atoms with Gasteiger partial charge >= 0.3 is 12.0 Å². The van der Waals surface area contributed by atoms with Crippen LogP contribution in [0.4, 0.5) is 4.79 Å². The van der Waals surface area contributed by atoms with Crippen LogP contribution in [0.3, 0.4) is 0 Å². The minimum absolute atomic E-state index is 0.0223. The Bertz CT molecular complexity index is 340. The van der Waals surface area contributed by atoms with Crippen molar-refractivity contribution in [3.8, 4) is 0 Å². The zero-order valence-electron chi connectivity index (χ0n) is 12.4. The molecule has 0 radical (unpaired) electrons. The van der Waals surface area contributed by atoms with Crippen molar-refractivity contribution < 1.29 is 14.3 Å². The fourth-order valence-corrected chi connectivity index (χ4v) is 3.17. The van der Waals surface area contributed by atoms with E-state index in [1.165, 1.54) is 25.7 Å². The zero-order chi connectivity index (χ0) is 14.4. The molecule has 1 atom stereocenters. The lowest BCUT2D eigenvalue weighted by Crippen LogP contribution is -2.48. The number of piperidine rings is 1. The van der Waals surface area contributed by atoms with Crippen molar-refractivity contribution in [3.05, 3.63) is 0 Å². The molecule has 1 saturated heterocycles. The van der Waals surface area contributed by atoms with E-state index in [2.05, 4.69) is 5.32 Å². The van der Waals surface area contributed by atoms with Crippen LogP contribution < -0.4 is 5.32 Å². The Morgan fingerprint density at radius 1 is 1.20 bits per heavy atom. The summed E-state index contributed by atoms with van der Waals surface area (Å²) in [5.41, 5.74) is 0. The van der Waals surface area contributed by atoms with Crippen LogP contribution in [0.25, 0.3) is 0 Å². The standard InChI is InChI=1S/C15H26N2O3/c1-2-20-14(18)13-8-5-9-17(11-13)15(19)16-10-12-6-3-4-7-12/h12-13H,2-11H2,1H3,(H,16,19). The van der Waals surface area contributed by atoms with Crippen LogP contribution >= 0.6 is 0 Å². The van der Waals surface area contributed by atoms with Crippen LogP contribution in [0.5, 0.6) is 0 Å². The predicted octanol–water partition coefficient (Wildman–Crippen LogP) is 2.16. The average molecular weight is 282 g/mol. The van der Waals surface area contributed by atoms with Crippen LogP contribution in [0, 0.1) is 11.8 Å². The van der Waals surface area contributed by atoms with Crippen molar-refractivity contribution >= 4 is 12.0 Å². The maximum atomic E-state index is 12.1. The third kappa shape index (κ3) is 4.12. The summed E-state index contributed by atoms with van der Waals surface area (Å²) in [5, 5.41) is 3.02. The number of esters is 1. The van der Waals surface area contributed by atoms with Crippen LogP contribution in [0.2, 0.25) is 0 Å². The predicted molar refractivity (Wildman–Crippen MR) is 76.3 cm³/mol. The third-order valence-corrected chi connectivity index (χ3v) is 4.35. The highest BCUT2D eigenvalue weighted by atomic mass is 16.5. The van der Waals surface area contributed by atoms with Gasteiger partial charge < -0.3 is 15.0 Å². The molecule has 1 saturated carbocycles. The van der Waals surface area contributed by atoms with Crippen molar-refractivity contribution in [3.63, 3.8) is 0 Å². The summed E-state index contributed by atoms with van der Waals surface area (Å²) in [5.74, 6) is 0.325. The molecule has 0 spiro atoms. The molecule has 20 heavy (non-hydrogen) atoms. The van der Waals surface area contributed by atoms with E-state index < -0.39 is 0 Å². The molecule has 2 aliphatic rings. The first-order chi connectivity index (χ1) is 9.70. The number of nitrogens with one attached hydrogen (secondary N) is 1. The van der Waals surface area contributed by atoms with Gasteiger partial charge in [0.05, 0.1) is 12.5 Å². The van der Waals surface area contributed by atoms with Gasteiger partial charge in [0, 0.05) is 19.6 Å². The Balaban J connectivity index is 1.75. The molecule has 1 aliphatic heterocycles. The third-order valence-electron chi connectivity index (χ3n) is 4.35. The summed E-state index contributed by atoms with van der Waals surface area (Å²) in [6.07, 6.45) is 6.73. The van der Waals surface area contributed by atoms with E-state index >= 15 is 0 Å². The van der Waals surface area contributed by atoms with E-state index in [9.17, 15) is 9.59 Å². The van der Waals surface area contributed by atoms with E-state index in [1.807, 2.05) is 6.92 Å². The molecule has 1 aliphatic carbocycles. The number of amides is 2. The van der Waals surface area contributed by atoms with Gasteiger partial charge in [0.2, 0.25) is 0 Å². The molecule has 5 heteroatoms. The monoisotopic (exact) mass is 282 g/mol. The fraction of sp³-hybridized carbons (Fsp3) is 0.867. The number of hydrogen-bond acceptors (Lipinski definition) is 3. The number of carbonyl (C=O) groups excluding carboxylic acids is 2. The van der Waals surface area contributed by atoms with Crippen LogP contribution in [0.1, 0.15) is 45.4 Å². The summed E-state index contributed by atoms with van der Waals surface area (Å²) in [4.78, 5) is 25.7. The van der Waals surface area contributed by atoms with Gasteiger partial charge in [0.15, 0.2) is 0 Å². The second-order valence-corrected chi connectivity index (χ2v) is 5.87. The maximum absolute atomic E-state index is 12.1. The summed E-state index contributed by atoms with van der Waals surface area (Å²) < 4.78 is 5.05. The first kappa shape index (κ1) is 15.1. The smallest absolute Gasteiger partial charge is 0.317 e. The minimum Gasteiger partial charge on any atom is -0.466 e. The number of nitrogens with zero attached hydrogens (tertiary/aromatic N) is 1. The minimum atomic E-state index is -0.166. The van der Waals surface area contributed by atoms with E-state index in [0.717, 1.165) is 25.9 Å². The van der Waals surface area contributed by atoms with Gasteiger partial charge in [-0.25, -0.2) is 4.79 Å². The largest absolute Gasteiger partial charge is 0.466 e. The van der Waals surface area contributed by atoms with Crippen molar-refractivity contribution in [1.29, 1.82) is 0 Å². The Hall–Kier alpha value is -1.26. The van der Waals surface area contributed by atoms with Gasteiger partial charge in [0.1, 0.15) is 0 Å². The van der Waals surface area contributed by atoms with E-state index in [1.54, 1.807) is 4.90 Å². The lowest BCUT2D eigenvalue weighted by Gasteiger charge is -2.31. The van der Waals surface area contributed by atoms with Gasteiger partial charge in [-0.3, -0.25) is 4.79 Å². The molecular weight excluding hydrogens is 256 g/mol. The second-order valence-electron chi connectivity index (χ2n) is 5.87. The molecule has 2 fully saturated rings. The molecule has 0 aromatic carbocycles. The average Bonchev–Trinajstić information content (AvgIpc) is 2.98. The number of rotatable bonds is 4. The molecule has 2 amide bonds. The summed E-state index contributed by atoms with van der Waals surface area (Å²) in [6, 6.07) is -0.0223. The Morgan fingerprint density at radius 3 is 2.65 bits per heavy atom. The summed E-state index contributed by atoms with van der Waals surface area (Å²) >= 11 is 0.